The lowest BCUT2D eigenvalue weighted by Gasteiger charge is -2.36. The van der Waals surface area contributed by atoms with Crippen molar-refractivity contribution < 1.29 is 19.7 Å². The van der Waals surface area contributed by atoms with Crippen molar-refractivity contribution in [3.63, 3.8) is 0 Å². The van der Waals surface area contributed by atoms with Gasteiger partial charge in [-0.25, -0.2) is 0 Å². The number of amides is 1. The second-order valence-corrected chi connectivity index (χ2v) is 4.47. The molecule has 0 bridgehead atoms. The molecule has 0 saturated carbocycles. The topological polar surface area (TPSA) is 78.8 Å². The zero-order chi connectivity index (χ0) is 13.1. The highest BCUT2D eigenvalue weighted by atomic mass is 16.6. The van der Waals surface area contributed by atoms with Gasteiger partial charge in [0.1, 0.15) is 6.10 Å². The summed E-state index contributed by atoms with van der Waals surface area (Å²) >= 11 is 0. The van der Waals surface area contributed by atoms with E-state index in [9.17, 15) is 15.0 Å². The van der Waals surface area contributed by atoms with Crippen LogP contribution in [0.3, 0.4) is 0 Å². The molecule has 0 spiro atoms. The van der Waals surface area contributed by atoms with Gasteiger partial charge in [0.2, 0.25) is 0 Å². The summed E-state index contributed by atoms with van der Waals surface area (Å²) in [7, 11) is 0. The Morgan fingerprint density at radius 2 is 2.00 bits per heavy atom. The van der Waals surface area contributed by atoms with E-state index >= 15 is 0 Å². The molecule has 1 aliphatic rings. The number of aliphatic hydroxyl groups excluding tert-OH is 2. The molecule has 0 radical (unpaired) electrons. The molecule has 1 heterocycles. The average molecular weight is 251 g/mol. The maximum Gasteiger partial charge on any atom is 0.251 e. The minimum Gasteiger partial charge on any atom is -0.388 e. The molecule has 1 aliphatic heterocycles. The highest BCUT2D eigenvalue weighted by Gasteiger charge is 2.35. The fraction of sp³-hybridized carbons (Fsp3) is 0.462. The van der Waals surface area contributed by atoms with E-state index in [-0.39, 0.29) is 12.3 Å². The quantitative estimate of drug-likeness (QED) is 0.705. The second-order valence-electron chi connectivity index (χ2n) is 4.47. The smallest absolute Gasteiger partial charge is 0.251 e. The lowest BCUT2D eigenvalue weighted by molar-refractivity contribution is -0.201. The molecule has 0 aliphatic carbocycles. The molecule has 1 amide bonds. The molecule has 1 fully saturated rings. The van der Waals surface area contributed by atoms with Crippen molar-refractivity contribution in [3.8, 4) is 0 Å². The van der Waals surface area contributed by atoms with Crippen LogP contribution in [0.25, 0.3) is 0 Å². The fourth-order valence-electron chi connectivity index (χ4n) is 2.05. The number of rotatable bonds is 2. The van der Waals surface area contributed by atoms with Crippen molar-refractivity contribution in [2.75, 3.05) is 0 Å². The van der Waals surface area contributed by atoms with E-state index < -0.39 is 24.5 Å². The van der Waals surface area contributed by atoms with Gasteiger partial charge in [-0.15, -0.1) is 0 Å². The van der Waals surface area contributed by atoms with E-state index in [4.69, 9.17) is 4.74 Å². The SMILES string of the molecule is C[C@H]1O[C@@H](O)C[C@H](NC(=O)c2ccccc2)[C@@H]1O. The maximum atomic E-state index is 11.9. The molecule has 3 N–H and O–H groups in total. The van der Waals surface area contributed by atoms with Crippen LogP contribution in [0.1, 0.15) is 23.7 Å². The monoisotopic (exact) mass is 251 g/mol. The third-order valence-electron chi connectivity index (χ3n) is 3.07. The molecule has 0 unspecified atom stereocenters. The highest BCUT2D eigenvalue weighted by Crippen LogP contribution is 2.19. The molecule has 4 atom stereocenters. The summed E-state index contributed by atoms with van der Waals surface area (Å²) in [6.45, 7) is 1.66. The van der Waals surface area contributed by atoms with Crippen LogP contribution in [0, 0.1) is 0 Å². The van der Waals surface area contributed by atoms with Crippen molar-refractivity contribution in [2.45, 2.75) is 37.9 Å². The Kier molecular flexibility index (Phi) is 3.96. The van der Waals surface area contributed by atoms with Crippen LogP contribution in [-0.4, -0.2) is 40.7 Å². The van der Waals surface area contributed by atoms with Crippen molar-refractivity contribution in [3.05, 3.63) is 35.9 Å². The van der Waals surface area contributed by atoms with Crippen LogP contribution in [0.4, 0.5) is 0 Å². The van der Waals surface area contributed by atoms with Crippen LogP contribution >= 0.6 is 0 Å². The van der Waals surface area contributed by atoms with Gasteiger partial charge in [-0.2, -0.15) is 0 Å². The van der Waals surface area contributed by atoms with E-state index in [0.29, 0.717) is 5.56 Å². The van der Waals surface area contributed by atoms with Crippen molar-refractivity contribution in [1.29, 1.82) is 0 Å². The summed E-state index contributed by atoms with van der Waals surface area (Å²) in [6, 6.07) is 8.25. The Bertz CT molecular complexity index is 409. The average Bonchev–Trinajstić information content (AvgIpc) is 2.36. The van der Waals surface area contributed by atoms with E-state index in [1.807, 2.05) is 6.07 Å². The molecule has 98 valence electrons. The summed E-state index contributed by atoms with van der Waals surface area (Å²) in [4.78, 5) is 11.9. The van der Waals surface area contributed by atoms with Crippen molar-refractivity contribution in [1.82, 2.24) is 5.32 Å². The third kappa shape index (κ3) is 2.87. The van der Waals surface area contributed by atoms with Gasteiger partial charge in [0.25, 0.3) is 5.91 Å². The number of carbonyl (C=O) groups excluding carboxylic acids is 1. The van der Waals surface area contributed by atoms with Crippen LogP contribution in [0.2, 0.25) is 0 Å². The van der Waals surface area contributed by atoms with Gasteiger partial charge in [-0.05, 0) is 19.1 Å². The molecule has 5 nitrogen and oxygen atoms in total. The molecular weight excluding hydrogens is 234 g/mol. The predicted molar refractivity (Wildman–Crippen MR) is 64.9 cm³/mol. The Morgan fingerprint density at radius 3 is 2.67 bits per heavy atom. The van der Waals surface area contributed by atoms with Gasteiger partial charge < -0.3 is 20.3 Å². The second kappa shape index (κ2) is 5.48. The number of ether oxygens (including phenoxy) is 1. The fourth-order valence-corrected chi connectivity index (χ4v) is 2.05. The minimum atomic E-state index is -0.954. The van der Waals surface area contributed by atoms with E-state index in [2.05, 4.69) is 5.32 Å². The van der Waals surface area contributed by atoms with E-state index in [1.165, 1.54) is 0 Å². The van der Waals surface area contributed by atoms with Gasteiger partial charge in [0.05, 0.1) is 12.1 Å². The van der Waals surface area contributed by atoms with Gasteiger partial charge >= 0.3 is 0 Å². The number of benzene rings is 1. The molecule has 5 heteroatoms. The number of carbonyl (C=O) groups is 1. The Labute approximate surface area is 105 Å². The third-order valence-corrected chi connectivity index (χ3v) is 3.07. The molecule has 18 heavy (non-hydrogen) atoms. The first kappa shape index (κ1) is 13.0. The zero-order valence-electron chi connectivity index (χ0n) is 10.1. The number of nitrogens with one attached hydrogen (secondary N) is 1. The molecule has 2 rings (SSSR count). The summed E-state index contributed by atoms with van der Waals surface area (Å²) in [5.41, 5.74) is 0.526. The van der Waals surface area contributed by atoms with Gasteiger partial charge in [-0.3, -0.25) is 4.79 Å². The van der Waals surface area contributed by atoms with Crippen LogP contribution in [0.5, 0.6) is 0 Å². The zero-order valence-corrected chi connectivity index (χ0v) is 10.1. The lowest BCUT2D eigenvalue weighted by Crippen LogP contribution is -2.54. The van der Waals surface area contributed by atoms with Gasteiger partial charge in [-0.1, -0.05) is 18.2 Å². The summed E-state index contributed by atoms with van der Waals surface area (Å²) in [6.07, 6.45) is -2.09. The Hall–Kier alpha value is -1.43. The first-order chi connectivity index (χ1) is 8.58. The van der Waals surface area contributed by atoms with Crippen molar-refractivity contribution >= 4 is 5.91 Å². The minimum absolute atomic E-state index is 0.185. The Morgan fingerprint density at radius 1 is 1.33 bits per heavy atom. The molecule has 1 aromatic rings. The summed E-state index contributed by atoms with van der Waals surface area (Å²) in [5.74, 6) is -0.263. The lowest BCUT2D eigenvalue weighted by atomic mass is 9.99. The summed E-state index contributed by atoms with van der Waals surface area (Å²) < 4.78 is 5.07. The van der Waals surface area contributed by atoms with E-state index in [0.717, 1.165) is 0 Å². The van der Waals surface area contributed by atoms with Crippen LogP contribution in [-0.2, 0) is 4.74 Å². The number of aliphatic hydroxyl groups is 2. The first-order valence-electron chi connectivity index (χ1n) is 5.95. The largest absolute Gasteiger partial charge is 0.388 e. The number of hydrogen-bond donors (Lipinski definition) is 3. The van der Waals surface area contributed by atoms with Gasteiger partial charge in [0.15, 0.2) is 6.29 Å². The molecule has 1 aromatic carbocycles. The van der Waals surface area contributed by atoms with E-state index in [1.54, 1.807) is 31.2 Å². The normalized spacial score (nSPS) is 31.9. The predicted octanol–water partition coefficient (Wildman–Crippen LogP) is 0.273. The number of hydrogen-bond acceptors (Lipinski definition) is 4. The molecular formula is C13H17NO4. The maximum absolute atomic E-state index is 11.9. The Balaban J connectivity index is 2.02. The van der Waals surface area contributed by atoms with Crippen LogP contribution < -0.4 is 5.32 Å². The summed E-state index contributed by atoms with van der Waals surface area (Å²) in [5, 5.41) is 22.1. The standard InChI is InChI=1S/C13H17NO4/c1-8-12(16)10(7-11(15)18-8)14-13(17)9-5-3-2-4-6-9/h2-6,8,10-12,15-16H,7H2,1H3,(H,14,17)/t8-,10+,11-,12-/m1/s1. The first-order valence-corrected chi connectivity index (χ1v) is 5.95. The molecule has 1 saturated heterocycles. The molecule has 0 aromatic heterocycles. The highest BCUT2D eigenvalue weighted by molar-refractivity contribution is 5.94. The van der Waals surface area contributed by atoms with Crippen LogP contribution in [0.15, 0.2) is 30.3 Å². The van der Waals surface area contributed by atoms with Crippen molar-refractivity contribution in [2.24, 2.45) is 0 Å². The van der Waals surface area contributed by atoms with Gasteiger partial charge in [0, 0.05) is 12.0 Å².